The summed E-state index contributed by atoms with van der Waals surface area (Å²) in [5.74, 6) is 0.314. The molecule has 0 atom stereocenters. The summed E-state index contributed by atoms with van der Waals surface area (Å²) in [5.41, 5.74) is 7.63. The number of benzene rings is 2. The van der Waals surface area contributed by atoms with E-state index in [1.807, 2.05) is 18.2 Å². The molecule has 0 aromatic heterocycles. The van der Waals surface area contributed by atoms with Crippen LogP contribution in [0.2, 0.25) is 5.02 Å². The second-order valence-corrected chi connectivity index (χ2v) is 4.87. The van der Waals surface area contributed by atoms with E-state index in [0.717, 1.165) is 17.7 Å². The van der Waals surface area contributed by atoms with E-state index in [-0.39, 0.29) is 0 Å². The molecule has 0 saturated carbocycles. The number of hydrogen-bond acceptors (Lipinski definition) is 2. The van der Waals surface area contributed by atoms with Gasteiger partial charge in [-0.3, -0.25) is 4.79 Å². The molecule has 2 aromatic rings. The van der Waals surface area contributed by atoms with Gasteiger partial charge in [0.2, 0.25) is 5.91 Å². The molecule has 0 heterocycles. The highest BCUT2D eigenvalue weighted by molar-refractivity contribution is 6.31. The Morgan fingerprint density at radius 3 is 2.70 bits per heavy atom. The highest BCUT2D eigenvalue weighted by atomic mass is 35.5. The predicted molar refractivity (Wildman–Crippen MR) is 80.1 cm³/mol. The van der Waals surface area contributed by atoms with Crippen molar-refractivity contribution >= 4 is 17.5 Å². The molecule has 0 spiro atoms. The summed E-state index contributed by atoms with van der Waals surface area (Å²) in [7, 11) is 0. The molecule has 104 valence electrons. The third kappa shape index (κ3) is 3.52. The topological polar surface area (TPSA) is 52.3 Å². The van der Waals surface area contributed by atoms with Gasteiger partial charge in [-0.05, 0) is 36.2 Å². The number of rotatable bonds is 5. The maximum atomic E-state index is 11.0. The monoisotopic (exact) mass is 289 g/mol. The fourth-order valence-corrected chi connectivity index (χ4v) is 2.07. The second kappa shape index (κ2) is 6.44. The Morgan fingerprint density at radius 1 is 1.25 bits per heavy atom. The minimum absolute atomic E-state index is 0.352. The summed E-state index contributed by atoms with van der Waals surface area (Å²) in [5, 5.41) is 0.480. The van der Waals surface area contributed by atoms with Crippen molar-refractivity contribution in [2.24, 2.45) is 5.73 Å². The molecule has 0 saturated heterocycles. The maximum absolute atomic E-state index is 11.0. The molecule has 0 radical (unpaired) electrons. The van der Waals surface area contributed by atoms with Gasteiger partial charge in [0.15, 0.2) is 0 Å². The van der Waals surface area contributed by atoms with Crippen LogP contribution < -0.4 is 10.5 Å². The standard InChI is InChI=1S/C16H16ClNO2/c1-2-11-4-3-5-14(8-11)20-10-13-7-6-12(16(18)19)9-15(13)17/h3-9H,2,10H2,1H3,(H2,18,19). The van der Waals surface area contributed by atoms with Crippen LogP contribution in [0.5, 0.6) is 5.75 Å². The molecule has 0 fully saturated rings. The van der Waals surface area contributed by atoms with Gasteiger partial charge >= 0.3 is 0 Å². The Kier molecular flexibility index (Phi) is 4.64. The van der Waals surface area contributed by atoms with Gasteiger partial charge in [0, 0.05) is 16.1 Å². The summed E-state index contributed by atoms with van der Waals surface area (Å²) in [6.45, 7) is 2.45. The third-order valence-corrected chi connectivity index (χ3v) is 3.39. The first-order valence-electron chi connectivity index (χ1n) is 6.40. The Bertz CT molecular complexity index is 626. The molecular weight excluding hydrogens is 274 g/mol. The summed E-state index contributed by atoms with van der Waals surface area (Å²) in [6.07, 6.45) is 0.964. The zero-order chi connectivity index (χ0) is 14.5. The van der Waals surface area contributed by atoms with E-state index >= 15 is 0 Å². The summed E-state index contributed by atoms with van der Waals surface area (Å²) in [6, 6.07) is 12.9. The molecule has 0 aliphatic rings. The van der Waals surface area contributed by atoms with Crippen molar-refractivity contribution in [2.75, 3.05) is 0 Å². The summed E-state index contributed by atoms with van der Waals surface area (Å²) in [4.78, 5) is 11.0. The van der Waals surface area contributed by atoms with E-state index in [1.54, 1.807) is 18.2 Å². The molecule has 0 unspecified atom stereocenters. The van der Waals surface area contributed by atoms with E-state index in [4.69, 9.17) is 22.1 Å². The van der Waals surface area contributed by atoms with Crippen LogP contribution >= 0.6 is 11.6 Å². The number of nitrogens with two attached hydrogens (primary N) is 1. The zero-order valence-electron chi connectivity index (χ0n) is 11.2. The first-order chi connectivity index (χ1) is 9.60. The fraction of sp³-hybridized carbons (Fsp3) is 0.188. The van der Waals surface area contributed by atoms with Crippen LogP contribution in [0.1, 0.15) is 28.4 Å². The fourth-order valence-electron chi connectivity index (χ4n) is 1.83. The Balaban J connectivity index is 2.08. The van der Waals surface area contributed by atoms with Gasteiger partial charge in [0.25, 0.3) is 0 Å². The third-order valence-electron chi connectivity index (χ3n) is 3.04. The molecular formula is C16H16ClNO2. The van der Waals surface area contributed by atoms with Gasteiger partial charge in [0.05, 0.1) is 0 Å². The molecule has 2 N–H and O–H groups in total. The average Bonchev–Trinajstić information content (AvgIpc) is 2.46. The molecule has 0 aliphatic heterocycles. The highest BCUT2D eigenvalue weighted by Crippen LogP contribution is 2.21. The van der Waals surface area contributed by atoms with Crippen molar-refractivity contribution in [1.82, 2.24) is 0 Å². The van der Waals surface area contributed by atoms with E-state index in [2.05, 4.69) is 13.0 Å². The lowest BCUT2D eigenvalue weighted by Gasteiger charge is -2.09. The van der Waals surface area contributed by atoms with Gasteiger partial charge < -0.3 is 10.5 Å². The zero-order valence-corrected chi connectivity index (χ0v) is 12.0. The molecule has 4 heteroatoms. The lowest BCUT2D eigenvalue weighted by molar-refractivity contribution is 0.1000. The van der Waals surface area contributed by atoms with Gasteiger partial charge in [-0.1, -0.05) is 36.7 Å². The minimum Gasteiger partial charge on any atom is -0.489 e. The largest absolute Gasteiger partial charge is 0.489 e. The van der Waals surface area contributed by atoms with Crippen LogP contribution in [0.3, 0.4) is 0 Å². The molecule has 1 amide bonds. The first kappa shape index (κ1) is 14.4. The smallest absolute Gasteiger partial charge is 0.248 e. The number of hydrogen-bond donors (Lipinski definition) is 1. The lowest BCUT2D eigenvalue weighted by atomic mass is 10.1. The number of primary amides is 1. The van der Waals surface area contributed by atoms with Crippen molar-refractivity contribution in [3.05, 3.63) is 64.2 Å². The first-order valence-corrected chi connectivity index (χ1v) is 6.78. The van der Waals surface area contributed by atoms with Crippen molar-refractivity contribution in [3.8, 4) is 5.75 Å². The summed E-state index contributed by atoms with van der Waals surface area (Å²) >= 11 is 6.11. The number of halogens is 1. The van der Waals surface area contributed by atoms with Gasteiger partial charge in [-0.25, -0.2) is 0 Å². The van der Waals surface area contributed by atoms with Crippen LogP contribution in [0.4, 0.5) is 0 Å². The predicted octanol–water partition coefficient (Wildman–Crippen LogP) is 3.58. The quantitative estimate of drug-likeness (QED) is 0.914. The van der Waals surface area contributed by atoms with Crippen LogP contribution in [-0.4, -0.2) is 5.91 Å². The Hall–Kier alpha value is -2.00. The van der Waals surface area contributed by atoms with Crippen LogP contribution in [0.15, 0.2) is 42.5 Å². The molecule has 2 rings (SSSR count). The van der Waals surface area contributed by atoms with Crippen molar-refractivity contribution in [3.63, 3.8) is 0 Å². The Labute approximate surface area is 123 Å². The second-order valence-electron chi connectivity index (χ2n) is 4.46. The average molecular weight is 290 g/mol. The van der Waals surface area contributed by atoms with Gasteiger partial charge in [-0.15, -0.1) is 0 Å². The molecule has 20 heavy (non-hydrogen) atoms. The number of ether oxygens (including phenoxy) is 1. The summed E-state index contributed by atoms with van der Waals surface area (Å²) < 4.78 is 5.72. The normalized spacial score (nSPS) is 10.3. The van der Waals surface area contributed by atoms with Crippen LogP contribution in [0.25, 0.3) is 0 Å². The number of aryl methyl sites for hydroxylation is 1. The maximum Gasteiger partial charge on any atom is 0.248 e. The Morgan fingerprint density at radius 2 is 2.05 bits per heavy atom. The number of amides is 1. The SMILES string of the molecule is CCc1cccc(OCc2ccc(C(N)=O)cc2Cl)c1. The van der Waals surface area contributed by atoms with E-state index in [0.29, 0.717) is 17.2 Å². The number of carbonyl (C=O) groups excluding carboxylic acids is 1. The van der Waals surface area contributed by atoms with Crippen LogP contribution in [-0.2, 0) is 13.0 Å². The lowest BCUT2D eigenvalue weighted by Crippen LogP contribution is -2.11. The molecule has 2 aromatic carbocycles. The van der Waals surface area contributed by atoms with Crippen LogP contribution in [0, 0.1) is 0 Å². The van der Waals surface area contributed by atoms with Crippen molar-refractivity contribution in [1.29, 1.82) is 0 Å². The van der Waals surface area contributed by atoms with Crippen molar-refractivity contribution < 1.29 is 9.53 Å². The van der Waals surface area contributed by atoms with Gasteiger partial charge in [-0.2, -0.15) is 0 Å². The highest BCUT2D eigenvalue weighted by Gasteiger charge is 2.06. The number of carbonyl (C=O) groups is 1. The minimum atomic E-state index is -0.491. The van der Waals surface area contributed by atoms with Crippen molar-refractivity contribution in [2.45, 2.75) is 20.0 Å². The van der Waals surface area contributed by atoms with Gasteiger partial charge in [0.1, 0.15) is 12.4 Å². The van der Waals surface area contributed by atoms with E-state index in [1.165, 1.54) is 5.56 Å². The van der Waals surface area contributed by atoms with E-state index < -0.39 is 5.91 Å². The van der Waals surface area contributed by atoms with E-state index in [9.17, 15) is 4.79 Å². The molecule has 0 aliphatic carbocycles. The molecule has 3 nitrogen and oxygen atoms in total. The molecule has 0 bridgehead atoms.